The van der Waals surface area contributed by atoms with Crippen LogP contribution < -0.4 is 10.6 Å². The van der Waals surface area contributed by atoms with Crippen LogP contribution in [0.1, 0.15) is 46.5 Å². The minimum absolute atomic E-state index is 0.326. The molecule has 0 bridgehead atoms. The number of carbonyl (C=O) groups is 1. The van der Waals surface area contributed by atoms with Crippen molar-refractivity contribution in [1.82, 2.24) is 10.6 Å². The van der Waals surface area contributed by atoms with Gasteiger partial charge in [-0.25, -0.2) is 4.79 Å². The third-order valence-electron chi connectivity index (χ3n) is 3.93. The van der Waals surface area contributed by atoms with Crippen molar-refractivity contribution in [1.29, 1.82) is 0 Å². The zero-order valence-electron chi connectivity index (χ0n) is 13.1. The first-order chi connectivity index (χ1) is 9.37. The van der Waals surface area contributed by atoms with Crippen molar-refractivity contribution in [2.24, 2.45) is 5.92 Å². The molecular weight excluding hydrogens is 256 g/mol. The fourth-order valence-corrected chi connectivity index (χ4v) is 2.56. The number of hydrogen-bond donors (Lipinski definition) is 2. The van der Waals surface area contributed by atoms with Gasteiger partial charge in [-0.15, -0.1) is 0 Å². The maximum absolute atomic E-state index is 11.7. The van der Waals surface area contributed by atoms with E-state index in [9.17, 15) is 4.79 Å². The second-order valence-corrected chi connectivity index (χ2v) is 7.02. The van der Waals surface area contributed by atoms with Gasteiger partial charge in [0, 0.05) is 25.7 Å². The maximum Gasteiger partial charge on any atom is 0.407 e. The van der Waals surface area contributed by atoms with Crippen LogP contribution in [0.15, 0.2) is 0 Å². The summed E-state index contributed by atoms with van der Waals surface area (Å²) in [6, 6.07) is 0.899. The van der Waals surface area contributed by atoms with Gasteiger partial charge in [0.1, 0.15) is 5.60 Å². The third kappa shape index (κ3) is 4.94. The lowest BCUT2D eigenvalue weighted by Gasteiger charge is -2.37. The predicted molar refractivity (Wildman–Crippen MR) is 77.7 cm³/mol. The minimum atomic E-state index is -0.438. The lowest BCUT2D eigenvalue weighted by molar-refractivity contribution is 0.0129. The zero-order valence-corrected chi connectivity index (χ0v) is 13.1. The van der Waals surface area contributed by atoms with Crippen LogP contribution in [0.2, 0.25) is 0 Å². The van der Waals surface area contributed by atoms with E-state index in [1.54, 1.807) is 7.11 Å². The van der Waals surface area contributed by atoms with Crippen molar-refractivity contribution in [3.8, 4) is 0 Å². The highest BCUT2D eigenvalue weighted by molar-refractivity contribution is 5.67. The molecule has 20 heavy (non-hydrogen) atoms. The SMILES string of the molecule is COC1CC(NC(CNC(=O)OC(C)(C)C)C2CC2)C1. The molecule has 0 aliphatic heterocycles. The second kappa shape index (κ2) is 6.31. The van der Waals surface area contributed by atoms with Crippen molar-refractivity contribution in [2.75, 3.05) is 13.7 Å². The second-order valence-electron chi connectivity index (χ2n) is 7.02. The molecule has 2 saturated carbocycles. The molecule has 2 N–H and O–H groups in total. The van der Waals surface area contributed by atoms with E-state index in [0.29, 0.717) is 30.7 Å². The number of carbonyl (C=O) groups excluding carboxylic acids is 1. The largest absolute Gasteiger partial charge is 0.444 e. The molecule has 0 spiro atoms. The van der Waals surface area contributed by atoms with Gasteiger partial charge in [-0.1, -0.05) is 0 Å². The van der Waals surface area contributed by atoms with Gasteiger partial charge in [0.15, 0.2) is 0 Å². The molecule has 0 saturated heterocycles. The van der Waals surface area contributed by atoms with Crippen LogP contribution >= 0.6 is 0 Å². The molecule has 0 aromatic rings. The Kier molecular flexibility index (Phi) is 4.91. The molecular formula is C15H28N2O3. The topological polar surface area (TPSA) is 59.6 Å². The summed E-state index contributed by atoms with van der Waals surface area (Å²) in [7, 11) is 1.77. The molecule has 116 valence electrons. The molecule has 2 rings (SSSR count). The molecule has 0 radical (unpaired) electrons. The fraction of sp³-hybridized carbons (Fsp3) is 0.933. The first-order valence-electron chi connectivity index (χ1n) is 7.63. The molecule has 5 nitrogen and oxygen atoms in total. The molecule has 0 heterocycles. The smallest absolute Gasteiger partial charge is 0.407 e. The zero-order chi connectivity index (χ0) is 14.8. The highest BCUT2D eigenvalue weighted by Crippen LogP contribution is 2.34. The van der Waals surface area contributed by atoms with Crippen LogP contribution in [-0.2, 0) is 9.47 Å². The molecule has 1 unspecified atom stereocenters. The van der Waals surface area contributed by atoms with Crippen LogP contribution in [0.25, 0.3) is 0 Å². The Labute approximate surface area is 121 Å². The first-order valence-corrected chi connectivity index (χ1v) is 7.63. The van der Waals surface area contributed by atoms with Gasteiger partial charge < -0.3 is 20.1 Å². The van der Waals surface area contributed by atoms with E-state index in [-0.39, 0.29) is 6.09 Å². The number of ether oxygens (including phenoxy) is 2. The minimum Gasteiger partial charge on any atom is -0.444 e. The quantitative estimate of drug-likeness (QED) is 0.784. The van der Waals surface area contributed by atoms with Crippen LogP contribution in [0.4, 0.5) is 4.79 Å². The number of hydrogen-bond acceptors (Lipinski definition) is 4. The van der Waals surface area contributed by atoms with E-state index >= 15 is 0 Å². The summed E-state index contributed by atoms with van der Waals surface area (Å²) in [5.41, 5.74) is -0.438. The third-order valence-corrected chi connectivity index (χ3v) is 3.93. The molecule has 5 heteroatoms. The van der Waals surface area contributed by atoms with Crippen LogP contribution in [0.5, 0.6) is 0 Å². The van der Waals surface area contributed by atoms with Gasteiger partial charge in [-0.2, -0.15) is 0 Å². The fourth-order valence-electron chi connectivity index (χ4n) is 2.56. The monoisotopic (exact) mass is 284 g/mol. The van der Waals surface area contributed by atoms with Crippen molar-refractivity contribution in [3.05, 3.63) is 0 Å². The van der Waals surface area contributed by atoms with Crippen molar-refractivity contribution >= 4 is 6.09 Å². The van der Waals surface area contributed by atoms with Gasteiger partial charge in [0.25, 0.3) is 0 Å². The van der Waals surface area contributed by atoms with Crippen LogP contribution in [-0.4, -0.2) is 43.5 Å². The highest BCUT2D eigenvalue weighted by atomic mass is 16.6. The van der Waals surface area contributed by atoms with Crippen molar-refractivity contribution in [3.63, 3.8) is 0 Å². The van der Waals surface area contributed by atoms with E-state index < -0.39 is 5.60 Å². The van der Waals surface area contributed by atoms with E-state index in [1.165, 1.54) is 12.8 Å². The Morgan fingerprint density at radius 3 is 2.45 bits per heavy atom. The summed E-state index contributed by atoms with van der Waals surface area (Å²) < 4.78 is 10.6. The Balaban J connectivity index is 1.69. The summed E-state index contributed by atoms with van der Waals surface area (Å²) in [4.78, 5) is 11.7. The predicted octanol–water partition coefficient (Wildman–Crippen LogP) is 2.06. The van der Waals surface area contributed by atoms with Gasteiger partial charge in [0.2, 0.25) is 0 Å². The number of rotatable bonds is 6. The Hall–Kier alpha value is -0.810. The average Bonchev–Trinajstić information content (AvgIpc) is 3.08. The first kappa shape index (κ1) is 15.6. The number of nitrogens with one attached hydrogen (secondary N) is 2. The molecule has 1 atom stereocenters. The Morgan fingerprint density at radius 1 is 1.30 bits per heavy atom. The summed E-state index contributed by atoms with van der Waals surface area (Å²) in [5, 5.41) is 6.53. The lowest BCUT2D eigenvalue weighted by atomic mass is 9.88. The lowest BCUT2D eigenvalue weighted by Crippen LogP contribution is -2.53. The van der Waals surface area contributed by atoms with Crippen LogP contribution in [0, 0.1) is 5.92 Å². The van der Waals surface area contributed by atoms with Gasteiger partial charge >= 0.3 is 6.09 Å². The summed E-state index contributed by atoms with van der Waals surface area (Å²) in [5.74, 6) is 0.700. The Morgan fingerprint density at radius 2 is 1.95 bits per heavy atom. The molecule has 2 aliphatic carbocycles. The molecule has 1 amide bonds. The molecule has 0 aromatic heterocycles. The van der Waals surface area contributed by atoms with Crippen molar-refractivity contribution in [2.45, 2.75) is 70.2 Å². The molecule has 2 fully saturated rings. The van der Waals surface area contributed by atoms with Crippen LogP contribution in [0.3, 0.4) is 0 Å². The summed E-state index contributed by atoms with van der Waals surface area (Å²) >= 11 is 0. The number of alkyl carbamates (subject to hydrolysis) is 1. The van der Waals surface area contributed by atoms with E-state index in [4.69, 9.17) is 9.47 Å². The van der Waals surface area contributed by atoms with Gasteiger partial charge in [0.05, 0.1) is 6.10 Å². The van der Waals surface area contributed by atoms with E-state index in [0.717, 1.165) is 12.8 Å². The highest BCUT2D eigenvalue weighted by Gasteiger charge is 2.36. The van der Waals surface area contributed by atoms with E-state index in [1.807, 2.05) is 20.8 Å². The average molecular weight is 284 g/mol. The van der Waals surface area contributed by atoms with Crippen molar-refractivity contribution < 1.29 is 14.3 Å². The van der Waals surface area contributed by atoms with Gasteiger partial charge in [-0.3, -0.25) is 0 Å². The summed E-state index contributed by atoms with van der Waals surface area (Å²) in [6.07, 6.45) is 4.75. The normalized spacial score (nSPS) is 27.6. The standard InChI is InChI=1S/C15H28N2O3/c1-15(2,3)20-14(18)16-9-13(10-5-6-10)17-11-7-12(8-11)19-4/h10-13,17H,5-9H2,1-4H3,(H,16,18). The van der Waals surface area contributed by atoms with Gasteiger partial charge in [-0.05, 0) is 52.4 Å². The molecule has 0 aromatic carbocycles. The van der Waals surface area contributed by atoms with E-state index in [2.05, 4.69) is 10.6 Å². The number of amides is 1. The molecule has 2 aliphatic rings. The Bertz CT molecular complexity index is 331. The maximum atomic E-state index is 11.7. The number of methoxy groups -OCH3 is 1. The summed E-state index contributed by atoms with van der Waals surface area (Å²) in [6.45, 7) is 6.28.